The number of carboxylic acid groups (broad SMARTS) is 1. The van der Waals surface area contributed by atoms with Crippen LogP contribution in [0.5, 0.6) is 0 Å². The first kappa shape index (κ1) is 10.3. The van der Waals surface area contributed by atoms with Gasteiger partial charge in [0, 0.05) is 6.20 Å². The molecule has 1 N–H and O–H groups in total. The van der Waals surface area contributed by atoms with Gasteiger partial charge in [-0.3, -0.25) is 4.79 Å². The summed E-state index contributed by atoms with van der Waals surface area (Å²) >= 11 is 11.2. The van der Waals surface area contributed by atoms with Crippen LogP contribution in [0.25, 0.3) is 0 Å². The highest BCUT2D eigenvalue weighted by Crippen LogP contribution is 2.23. The van der Waals surface area contributed by atoms with Gasteiger partial charge < -0.3 is 5.11 Å². The standard InChI is InChI=1S/C8H7Cl2NO2/c1-4(8(12)13)5-2-6(9)7(10)11-3-5/h2-4H,1H3,(H,12,13). The average Bonchev–Trinajstić information content (AvgIpc) is 2.08. The highest BCUT2D eigenvalue weighted by molar-refractivity contribution is 6.41. The van der Waals surface area contributed by atoms with E-state index in [4.69, 9.17) is 28.3 Å². The van der Waals surface area contributed by atoms with Gasteiger partial charge in [0.1, 0.15) is 5.15 Å². The molecule has 1 aromatic rings. The second kappa shape index (κ2) is 3.94. The average molecular weight is 220 g/mol. The predicted octanol–water partition coefficient (Wildman–Crippen LogP) is 2.58. The van der Waals surface area contributed by atoms with Gasteiger partial charge >= 0.3 is 5.97 Å². The van der Waals surface area contributed by atoms with Crippen molar-refractivity contribution in [1.82, 2.24) is 4.98 Å². The smallest absolute Gasteiger partial charge is 0.310 e. The molecule has 1 rings (SSSR count). The van der Waals surface area contributed by atoms with Crippen LogP contribution in [0.4, 0.5) is 0 Å². The number of carboxylic acids is 1. The zero-order chi connectivity index (χ0) is 10.0. The van der Waals surface area contributed by atoms with Crippen LogP contribution in [0.3, 0.4) is 0 Å². The molecule has 1 heterocycles. The van der Waals surface area contributed by atoms with Crippen molar-refractivity contribution in [3.8, 4) is 0 Å². The first-order chi connectivity index (χ1) is 6.02. The first-order valence-electron chi connectivity index (χ1n) is 3.56. The zero-order valence-corrected chi connectivity index (χ0v) is 8.30. The van der Waals surface area contributed by atoms with Gasteiger partial charge in [-0.15, -0.1) is 0 Å². The van der Waals surface area contributed by atoms with E-state index in [1.807, 2.05) is 0 Å². The number of carbonyl (C=O) groups is 1. The van der Waals surface area contributed by atoms with Gasteiger partial charge in [-0.05, 0) is 18.6 Å². The molecule has 5 heteroatoms. The lowest BCUT2D eigenvalue weighted by Crippen LogP contribution is -2.07. The molecule has 13 heavy (non-hydrogen) atoms. The number of hydrogen-bond donors (Lipinski definition) is 1. The number of rotatable bonds is 2. The zero-order valence-electron chi connectivity index (χ0n) is 6.79. The number of pyridine rings is 1. The normalized spacial score (nSPS) is 12.5. The summed E-state index contributed by atoms with van der Waals surface area (Å²) in [4.78, 5) is 14.3. The summed E-state index contributed by atoms with van der Waals surface area (Å²) in [5.41, 5.74) is 0.543. The molecule has 0 amide bonds. The summed E-state index contributed by atoms with van der Waals surface area (Å²) in [6, 6.07) is 1.51. The van der Waals surface area contributed by atoms with Crippen LogP contribution in [-0.4, -0.2) is 16.1 Å². The van der Waals surface area contributed by atoms with Gasteiger partial charge in [-0.2, -0.15) is 0 Å². The summed E-state index contributed by atoms with van der Waals surface area (Å²) in [5, 5.41) is 9.15. The summed E-state index contributed by atoms with van der Waals surface area (Å²) in [5.74, 6) is -1.54. The fourth-order valence-electron chi connectivity index (χ4n) is 0.815. The monoisotopic (exact) mass is 219 g/mol. The Kier molecular flexibility index (Phi) is 3.12. The molecule has 0 aliphatic rings. The molecule has 0 spiro atoms. The molecule has 0 aliphatic heterocycles. The van der Waals surface area contributed by atoms with Crippen molar-refractivity contribution in [1.29, 1.82) is 0 Å². The van der Waals surface area contributed by atoms with E-state index in [9.17, 15) is 4.79 Å². The van der Waals surface area contributed by atoms with E-state index in [0.717, 1.165) is 0 Å². The maximum Gasteiger partial charge on any atom is 0.310 e. The Morgan fingerprint density at radius 3 is 2.69 bits per heavy atom. The lowest BCUT2D eigenvalue weighted by atomic mass is 10.0. The maximum absolute atomic E-state index is 10.6. The highest BCUT2D eigenvalue weighted by atomic mass is 35.5. The molecule has 0 aliphatic carbocycles. The molecule has 0 radical (unpaired) electrons. The molecule has 1 atom stereocenters. The van der Waals surface area contributed by atoms with Crippen LogP contribution < -0.4 is 0 Å². The Labute approximate surface area is 85.3 Å². The fraction of sp³-hybridized carbons (Fsp3) is 0.250. The van der Waals surface area contributed by atoms with E-state index in [0.29, 0.717) is 5.56 Å². The molecule has 0 aromatic carbocycles. The molecule has 1 aromatic heterocycles. The molecule has 0 saturated heterocycles. The summed E-state index contributed by atoms with van der Waals surface area (Å²) < 4.78 is 0. The van der Waals surface area contributed by atoms with E-state index in [2.05, 4.69) is 4.98 Å². The molecule has 3 nitrogen and oxygen atoms in total. The molecule has 0 saturated carbocycles. The Bertz CT molecular complexity index is 341. The molecule has 0 fully saturated rings. The van der Waals surface area contributed by atoms with E-state index >= 15 is 0 Å². The largest absolute Gasteiger partial charge is 0.481 e. The van der Waals surface area contributed by atoms with Gasteiger partial charge in [-0.1, -0.05) is 23.2 Å². The second-order valence-corrected chi connectivity index (χ2v) is 3.37. The lowest BCUT2D eigenvalue weighted by molar-refractivity contribution is -0.138. The van der Waals surface area contributed by atoms with Crippen molar-refractivity contribution in [2.45, 2.75) is 12.8 Å². The number of aliphatic carboxylic acids is 1. The maximum atomic E-state index is 10.6. The van der Waals surface area contributed by atoms with Crippen LogP contribution in [-0.2, 0) is 4.79 Å². The third-order valence-electron chi connectivity index (χ3n) is 1.69. The van der Waals surface area contributed by atoms with Gasteiger partial charge in [-0.25, -0.2) is 4.98 Å². The van der Waals surface area contributed by atoms with Crippen LogP contribution in [0, 0.1) is 0 Å². The predicted molar refractivity (Wildman–Crippen MR) is 50.3 cm³/mol. The SMILES string of the molecule is CC(C(=O)O)c1cnc(Cl)c(Cl)c1. The van der Waals surface area contributed by atoms with Crippen molar-refractivity contribution in [2.75, 3.05) is 0 Å². The molecular formula is C8H7Cl2NO2. The number of halogens is 2. The van der Waals surface area contributed by atoms with E-state index in [-0.39, 0.29) is 10.2 Å². The van der Waals surface area contributed by atoms with Gasteiger partial charge in [0.2, 0.25) is 0 Å². The summed E-state index contributed by atoms with van der Waals surface area (Å²) in [6.45, 7) is 1.56. The summed E-state index contributed by atoms with van der Waals surface area (Å²) in [7, 11) is 0. The Morgan fingerprint density at radius 2 is 2.23 bits per heavy atom. The number of hydrogen-bond acceptors (Lipinski definition) is 2. The van der Waals surface area contributed by atoms with Crippen molar-refractivity contribution in [3.05, 3.63) is 28.0 Å². The van der Waals surface area contributed by atoms with Crippen molar-refractivity contribution >= 4 is 29.2 Å². The summed E-state index contributed by atoms with van der Waals surface area (Å²) in [6.07, 6.45) is 1.41. The van der Waals surface area contributed by atoms with Crippen molar-refractivity contribution < 1.29 is 9.90 Å². The Morgan fingerprint density at radius 1 is 1.62 bits per heavy atom. The first-order valence-corrected chi connectivity index (χ1v) is 4.31. The molecule has 70 valence electrons. The topological polar surface area (TPSA) is 50.2 Å². The van der Waals surface area contributed by atoms with E-state index in [1.54, 1.807) is 6.92 Å². The van der Waals surface area contributed by atoms with E-state index in [1.165, 1.54) is 12.3 Å². The minimum Gasteiger partial charge on any atom is -0.481 e. The van der Waals surface area contributed by atoms with Crippen LogP contribution in [0.15, 0.2) is 12.3 Å². The van der Waals surface area contributed by atoms with Crippen LogP contribution in [0.2, 0.25) is 10.2 Å². The van der Waals surface area contributed by atoms with Gasteiger partial charge in [0.05, 0.1) is 10.9 Å². The van der Waals surface area contributed by atoms with Crippen molar-refractivity contribution in [2.24, 2.45) is 0 Å². The molecule has 0 bridgehead atoms. The lowest BCUT2D eigenvalue weighted by Gasteiger charge is -2.06. The van der Waals surface area contributed by atoms with Crippen molar-refractivity contribution in [3.63, 3.8) is 0 Å². The third kappa shape index (κ3) is 2.32. The van der Waals surface area contributed by atoms with Gasteiger partial charge in [0.25, 0.3) is 0 Å². The second-order valence-electron chi connectivity index (χ2n) is 2.60. The van der Waals surface area contributed by atoms with Crippen LogP contribution in [0.1, 0.15) is 18.4 Å². The number of nitrogens with zero attached hydrogens (tertiary/aromatic N) is 1. The Balaban J connectivity index is 3.03. The highest BCUT2D eigenvalue weighted by Gasteiger charge is 2.14. The Hall–Kier alpha value is -0.800. The number of aromatic nitrogens is 1. The minimum atomic E-state index is -0.916. The van der Waals surface area contributed by atoms with E-state index < -0.39 is 11.9 Å². The van der Waals surface area contributed by atoms with Crippen LogP contribution >= 0.6 is 23.2 Å². The van der Waals surface area contributed by atoms with Gasteiger partial charge in [0.15, 0.2) is 0 Å². The minimum absolute atomic E-state index is 0.183. The molecule has 1 unspecified atom stereocenters. The molecular weight excluding hydrogens is 213 g/mol. The quantitative estimate of drug-likeness (QED) is 0.779. The third-order valence-corrected chi connectivity index (χ3v) is 2.37. The fourth-order valence-corrected chi connectivity index (χ4v) is 1.09.